The number of nitrogens with one attached hydrogen (secondary N) is 1. The molecule has 0 aliphatic heterocycles. The third-order valence-electron chi connectivity index (χ3n) is 5.84. The molecule has 0 aliphatic carbocycles. The number of carbonyl (C=O) groups is 2. The molecule has 8 heteroatoms. The summed E-state index contributed by atoms with van der Waals surface area (Å²) in [6, 6.07) is 24.7. The van der Waals surface area contributed by atoms with E-state index in [9.17, 15) is 18.0 Å². The summed E-state index contributed by atoms with van der Waals surface area (Å²) in [6.07, 6.45) is 1.36. The smallest absolute Gasteiger partial charge is 0.244 e. The van der Waals surface area contributed by atoms with Crippen molar-refractivity contribution in [3.05, 3.63) is 102 Å². The van der Waals surface area contributed by atoms with E-state index in [4.69, 9.17) is 0 Å². The Labute approximate surface area is 207 Å². The van der Waals surface area contributed by atoms with Gasteiger partial charge in [-0.2, -0.15) is 0 Å². The fourth-order valence-corrected chi connectivity index (χ4v) is 4.75. The van der Waals surface area contributed by atoms with Crippen LogP contribution >= 0.6 is 0 Å². The number of hydrogen-bond acceptors (Lipinski definition) is 4. The van der Waals surface area contributed by atoms with Gasteiger partial charge in [0.05, 0.1) is 11.9 Å². The minimum absolute atomic E-state index is 0.169. The summed E-state index contributed by atoms with van der Waals surface area (Å²) < 4.78 is 26.3. The van der Waals surface area contributed by atoms with Crippen molar-refractivity contribution >= 4 is 27.5 Å². The number of sulfonamides is 1. The Hall–Kier alpha value is -3.65. The lowest BCUT2D eigenvalue weighted by molar-refractivity contribution is -0.139. The lowest BCUT2D eigenvalue weighted by Gasteiger charge is -2.33. The number of benzene rings is 3. The summed E-state index contributed by atoms with van der Waals surface area (Å²) in [5.74, 6) is -0.784. The highest BCUT2D eigenvalue weighted by Crippen LogP contribution is 2.20. The van der Waals surface area contributed by atoms with Crippen LogP contribution in [0.1, 0.15) is 16.7 Å². The normalized spacial score (nSPS) is 12.0. The first-order valence-electron chi connectivity index (χ1n) is 11.3. The van der Waals surface area contributed by atoms with Crippen molar-refractivity contribution in [1.29, 1.82) is 0 Å². The number of rotatable bonds is 10. The molecule has 1 atom stereocenters. The predicted molar refractivity (Wildman–Crippen MR) is 138 cm³/mol. The zero-order valence-corrected chi connectivity index (χ0v) is 21.0. The van der Waals surface area contributed by atoms with Crippen molar-refractivity contribution < 1.29 is 18.0 Å². The monoisotopic (exact) mass is 493 g/mol. The Morgan fingerprint density at radius 1 is 0.886 bits per heavy atom. The zero-order chi connectivity index (χ0) is 25.4. The standard InChI is InChI=1S/C27H31N3O4S/c1-21-12-10-11-15-23(21)19-29(25(27(32)28-2)18-22-13-6-4-7-14-22)26(31)20-30(35(3,33)34)24-16-8-5-9-17-24/h4-17,25H,18-20H2,1-3H3,(H,28,32). The molecule has 35 heavy (non-hydrogen) atoms. The summed E-state index contributed by atoms with van der Waals surface area (Å²) in [5.41, 5.74) is 3.14. The Bertz CT molecular complexity index is 1250. The van der Waals surface area contributed by atoms with Crippen LogP contribution in [-0.2, 0) is 32.6 Å². The van der Waals surface area contributed by atoms with Gasteiger partial charge in [0.1, 0.15) is 12.6 Å². The highest BCUT2D eigenvalue weighted by atomic mass is 32.2. The second-order valence-corrected chi connectivity index (χ2v) is 10.3. The van der Waals surface area contributed by atoms with Crippen molar-refractivity contribution in [3.8, 4) is 0 Å². The molecule has 3 aromatic carbocycles. The van der Waals surface area contributed by atoms with E-state index in [1.165, 1.54) is 11.9 Å². The zero-order valence-electron chi connectivity index (χ0n) is 20.2. The molecule has 0 aromatic heterocycles. The van der Waals surface area contributed by atoms with Gasteiger partial charge in [-0.05, 0) is 35.7 Å². The van der Waals surface area contributed by atoms with Gasteiger partial charge in [0, 0.05) is 20.0 Å². The molecule has 3 rings (SSSR count). The van der Waals surface area contributed by atoms with E-state index in [1.54, 1.807) is 30.3 Å². The maximum Gasteiger partial charge on any atom is 0.244 e. The molecule has 0 spiro atoms. The highest BCUT2D eigenvalue weighted by molar-refractivity contribution is 7.92. The van der Waals surface area contributed by atoms with Gasteiger partial charge < -0.3 is 10.2 Å². The van der Waals surface area contributed by atoms with E-state index in [0.717, 1.165) is 27.3 Å². The van der Waals surface area contributed by atoms with Gasteiger partial charge in [-0.1, -0.05) is 72.8 Å². The van der Waals surface area contributed by atoms with E-state index < -0.39 is 28.5 Å². The molecule has 0 bridgehead atoms. The van der Waals surface area contributed by atoms with E-state index in [-0.39, 0.29) is 12.5 Å². The molecular formula is C27H31N3O4S. The maximum atomic E-state index is 13.8. The Balaban J connectivity index is 2.02. The molecular weight excluding hydrogens is 462 g/mol. The van der Waals surface area contributed by atoms with Crippen molar-refractivity contribution in [3.63, 3.8) is 0 Å². The first kappa shape index (κ1) is 26.0. The maximum absolute atomic E-state index is 13.8. The third-order valence-corrected chi connectivity index (χ3v) is 6.98. The second-order valence-electron chi connectivity index (χ2n) is 8.37. The summed E-state index contributed by atoms with van der Waals surface area (Å²) >= 11 is 0. The van der Waals surface area contributed by atoms with E-state index in [1.807, 2.05) is 61.5 Å². The first-order chi connectivity index (χ1) is 16.7. The predicted octanol–water partition coefficient (Wildman–Crippen LogP) is 3.15. The lowest BCUT2D eigenvalue weighted by atomic mass is 10.0. The quantitative estimate of drug-likeness (QED) is 0.470. The molecule has 0 fully saturated rings. The van der Waals surface area contributed by atoms with Crippen molar-refractivity contribution in [2.24, 2.45) is 0 Å². The van der Waals surface area contributed by atoms with Crippen molar-refractivity contribution in [2.75, 3.05) is 24.2 Å². The van der Waals surface area contributed by atoms with Crippen molar-refractivity contribution in [2.45, 2.75) is 25.9 Å². The van der Waals surface area contributed by atoms with Gasteiger partial charge in [0.15, 0.2) is 0 Å². The largest absolute Gasteiger partial charge is 0.357 e. The minimum Gasteiger partial charge on any atom is -0.357 e. The van der Waals surface area contributed by atoms with Crippen LogP contribution in [0.15, 0.2) is 84.9 Å². The molecule has 0 saturated carbocycles. The first-order valence-corrected chi connectivity index (χ1v) is 13.2. The molecule has 2 amide bonds. The van der Waals surface area contributed by atoms with E-state index >= 15 is 0 Å². The fourth-order valence-electron chi connectivity index (χ4n) is 3.90. The number of nitrogens with zero attached hydrogens (tertiary/aromatic N) is 2. The van der Waals surface area contributed by atoms with Crippen LogP contribution < -0.4 is 9.62 Å². The average molecular weight is 494 g/mol. The fraction of sp³-hybridized carbons (Fsp3) is 0.259. The molecule has 0 radical (unpaired) electrons. The van der Waals surface area contributed by atoms with Gasteiger partial charge in [0.25, 0.3) is 0 Å². The Morgan fingerprint density at radius 3 is 2.03 bits per heavy atom. The number of aryl methyl sites for hydroxylation is 1. The Morgan fingerprint density at radius 2 is 1.46 bits per heavy atom. The van der Waals surface area contributed by atoms with E-state index in [2.05, 4.69) is 5.32 Å². The topological polar surface area (TPSA) is 86.8 Å². The number of amides is 2. The molecule has 3 aromatic rings. The van der Waals surface area contributed by atoms with Crippen LogP contribution in [0.3, 0.4) is 0 Å². The molecule has 0 saturated heterocycles. The van der Waals surface area contributed by atoms with Crippen molar-refractivity contribution in [1.82, 2.24) is 10.2 Å². The van der Waals surface area contributed by atoms with Gasteiger partial charge in [-0.3, -0.25) is 13.9 Å². The minimum atomic E-state index is -3.75. The highest BCUT2D eigenvalue weighted by Gasteiger charge is 2.32. The third kappa shape index (κ3) is 6.93. The van der Waals surface area contributed by atoms with Crippen LogP contribution in [-0.4, -0.2) is 51.0 Å². The van der Waals surface area contributed by atoms with E-state index in [0.29, 0.717) is 12.1 Å². The number of anilines is 1. The molecule has 0 aliphatic rings. The summed E-state index contributed by atoms with van der Waals surface area (Å²) in [6.45, 7) is 1.69. The van der Waals surface area contributed by atoms with Crippen LogP contribution in [0.2, 0.25) is 0 Å². The van der Waals surface area contributed by atoms with Gasteiger partial charge in [-0.15, -0.1) is 0 Å². The summed E-state index contributed by atoms with van der Waals surface area (Å²) in [7, 11) is -2.22. The second kappa shape index (κ2) is 11.7. The number of carbonyl (C=O) groups excluding carboxylic acids is 2. The molecule has 0 heterocycles. The SMILES string of the molecule is CNC(=O)C(Cc1ccccc1)N(Cc1ccccc1C)C(=O)CN(c1ccccc1)S(C)(=O)=O. The number of para-hydroxylation sites is 1. The summed E-state index contributed by atoms with van der Waals surface area (Å²) in [5, 5.41) is 2.67. The number of likely N-dealkylation sites (N-methyl/N-ethyl adjacent to an activating group) is 1. The van der Waals surface area contributed by atoms with Gasteiger partial charge >= 0.3 is 0 Å². The average Bonchev–Trinajstić information content (AvgIpc) is 2.85. The number of hydrogen-bond donors (Lipinski definition) is 1. The molecule has 1 unspecified atom stereocenters. The van der Waals surface area contributed by atoms with Crippen LogP contribution in [0.5, 0.6) is 0 Å². The Kier molecular flexibility index (Phi) is 8.65. The van der Waals surface area contributed by atoms with Gasteiger partial charge in [0.2, 0.25) is 21.8 Å². The lowest BCUT2D eigenvalue weighted by Crippen LogP contribution is -2.53. The van der Waals surface area contributed by atoms with Crippen LogP contribution in [0.25, 0.3) is 0 Å². The van der Waals surface area contributed by atoms with Crippen LogP contribution in [0.4, 0.5) is 5.69 Å². The molecule has 7 nitrogen and oxygen atoms in total. The van der Waals surface area contributed by atoms with Gasteiger partial charge in [-0.25, -0.2) is 8.42 Å². The summed E-state index contributed by atoms with van der Waals surface area (Å²) in [4.78, 5) is 28.3. The molecule has 1 N–H and O–H groups in total. The van der Waals surface area contributed by atoms with Crippen LogP contribution in [0, 0.1) is 6.92 Å². The molecule has 184 valence electrons.